The predicted octanol–water partition coefficient (Wildman–Crippen LogP) is 3.00. The molecule has 0 saturated heterocycles. The first kappa shape index (κ1) is 16.3. The van der Waals surface area contributed by atoms with E-state index in [1.54, 1.807) is 6.07 Å². The number of hydrogen-bond acceptors (Lipinski definition) is 4. The highest BCUT2D eigenvalue weighted by molar-refractivity contribution is 5.39. The lowest BCUT2D eigenvalue weighted by molar-refractivity contribution is 0.243. The van der Waals surface area contributed by atoms with Crippen molar-refractivity contribution in [3.05, 3.63) is 59.7 Å². The first-order chi connectivity index (χ1) is 10.7. The first-order valence-corrected chi connectivity index (χ1v) is 7.58. The van der Waals surface area contributed by atoms with Crippen molar-refractivity contribution in [1.82, 2.24) is 5.32 Å². The lowest BCUT2D eigenvalue weighted by atomic mass is 10.1. The van der Waals surface area contributed by atoms with Crippen molar-refractivity contribution in [3.63, 3.8) is 0 Å². The van der Waals surface area contributed by atoms with Crippen molar-refractivity contribution >= 4 is 0 Å². The van der Waals surface area contributed by atoms with Crippen LogP contribution in [0.25, 0.3) is 0 Å². The Labute approximate surface area is 131 Å². The van der Waals surface area contributed by atoms with Gasteiger partial charge in [-0.15, -0.1) is 0 Å². The van der Waals surface area contributed by atoms with Crippen molar-refractivity contribution in [2.24, 2.45) is 0 Å². The van der Waals surface area contributed by atoms with Crippen molar-refractivity contribution in [2.75, 3.05) is 13.2 Å². The number of benzene rings is 2. The maximum Gasteiger partial charge on any atom is 0.123 e. The fourth-order valence-electron chi connectivity index (χ4n) is 2.21. The van der Waals surface area contributed by atoms with E-state index in [-0.39, 0.29) is 18.4 Å². The summed E-state index contributed by atoms with van der Waals surface area (Å²) in [6.07, 6.45) is 0.930. The molecule has 0 spiro atoms. The SMILES string of the molecule is CCCOc1ccc(CN[C@H](CO)c2ccccc2)c(O)c1. The molecular formula is C18H23NO3. The van der Waals surface area contributed by atoms with Gasteiger partial charge in [0, 0.05) is 18.2 Å². The zero-order valence-electron chi connectivity index (χ0n) is 12.8. The van der Waals surface area contributed by atoms with Gasteiger partial charge in [0.2, 0.25) is 0 Å². The van der Waals surface area contributed by atoms with Crippen LogP contribution in [0, 0.1) is 0 Å². The monoisotopic (exact) mass is 301 g/mol. The average Bonchev–Trinajstić information content (AvgIpc) is 2.56. The summed E-state index contributed by atoms with van der Waals surface area (Å²) in [4.78, 5) is 0. The second-order valence-corrected chi connectivity index (χ2v) is 5.17. The van der Waals surface area contributed by atoms with Gasteiger partial charge in [0.1, 0.15) is 11.5 Å². The van der Waals surface area contributed by atoms with E-state index in [4.69, 9.17) is 4.74 Å². The highest BCUT2D eigenvalue weighted by Crippen LogP contribution is 2.24. The van der Waals surface area contributed by atoms with E-state index >= 15 is 0 Å². The van der Waals surface area contributed by atoms with Crippen LogP contribution in [0.3, 0.4) is 0 Å². The number of phenols is 1. The van der Waals surface area contributed by atoms with E-state index in [0.717, 1.165) is 17.5 Å². The van der Waals surface area contributed by atoms with E-state index in [1.807, 2.05) is 49.4 Å². The molecule has 0 saturated carbocycles. The number of aliphatic hydroxyl groups is 1. The van der Waals surface area contributed by atoms with Gasteiger partial charge in [-0.2, -0.15) is 0 Å². The van der Waals surface area contributed by atoms with Crippen LogP contribution in [0.5, 0.6) is 11.5 Å². The third kappa shape index (κ3) is 4.48. The number of aliphatic hydroxyl groups excluding tert-OH is 1. The molecule has 0 amide bonds. The summed E-state index contributed by atoms with van der Waals surface area (Å²) >= 11 is 0. The Morgan fingerprint density at radius 3 is 2.55 bits per heavy atom. The summed E-state index contributed by atoms with van der Waals surface area (Å²) in [5.41, 5.74) is 1.80. The summed E-state index contributed by atoms with van der Waals surface area (Å²) in [6.45, 7) is 3.15. The highest BCUT2D eigenvalue weighted by atomic mass is 16.5. The topological polar surface area (TPSA) is 61.7 Å². The molecule has 118 valence electrons. The van der Waals surface area contributed by atoms with E-state index < -0.39 is 0 Å². The number of ether oxygens (including phenoxy) is 1. The molecule has 0 aliphatic heterocycles. The lowest BCUT2D eigenvalue weighted by Crippen LogP contribution is -2.23. The Hall–Kier alpha value is -2.04. The second kappa shape index (κ2) is 8.41. The van der Waals surface area contributed by atoms with Gasteiger partial charge in [0.05, 0.1) is 19.3 Å². The zero-order chi connectivity index (χ0) is 15.8. The van der Waals surface area contributed by atoms with Gasteiger partial charge >= 0.3 is 0 Å². The Bertz CT molecular complexity index is 572. The fraction of sp³-hybridized carbons (Fsp3) is 0.333. The summed E-state index contributed by atoms with van der Waals surface area (Å²) in [7, 11) is 0. The van der Waals surface area contributed by atoms with Crippen LogP contribution in [0.1, 0.15) is 30.5 Å². The molecule has 0 aromatic heterocycles. The van der Waals surface area contributed by atoms with Gasteiger partial charge < -0.3 is 20.3 Å². The molecule has 0 heterocycles. The molecule has 2 rings (SSSR count). The van der Waals surface area contributed by atoms with Gasteiger partial charge in [0.15, 0.2) is 0 Å². The molecule has 0 aliphatic rings. The molecule has 0 fully saturated rings. The number of phenolic OH excluding ortho intramolecular Hbond substituents is 1. The number of nitrogens with one attached hydrogen (secondary N) is 1. The molecular weight excluding hydrogens is 278 g/mol. The molecule has 1 atom stereocenters. The molecule has 0 radical (unpaired) electrons. The quantitative estimate of drug-likeness (QED) is 0.701. The van der Waals surface area contributed by atoms with Crippen LogP contribution in [-0.4, -0.2) is 23.4 Å². The standard InChI is InChI=1S/C18H23NO3/c1-2-10-22-16-9-8-15(18(21)11-16)12-19-17(13-20)14-6-4-3-5-7-14/h3-9,11,17,19-21H,2,10,12-13H2,1H3/t17-/m1/s1. The Kier molecular flexibility index (Phi) is 6.25. The van der Waals surface area contributed by atoms with E-state index in [1.165, 1.54) is 0 Å². The normalized spacial score (nSPS) is 12.1. The van der Waals surface area contributed by atoms with Crippen molar-refractivity contribution in [3.8, 4) is 11.5 Å². The minimum atomic E-state index is -0.156. The Balaban J connectivity index is 1.98. The minimum absolute atomic E-state index is 0.00245. The number of rotatable bonds is 8. The molecule has 4 nitrogen and oxygen atoms in total. The smallest absolute Gasteiger partial charge is 0.123 e. The van der Waals surface area contributed by atoms with Gasteiger partial charge in [-0.05, 0) is 18.1 Å². The largest absolute Gasteiger partial charge is 0.507 e. The fourth-order valence-corrected chi connectivity index (χ4v) is 2.21. The molecule has 0 bridgehead atoms. The van der Waals surface area contributed by atoms with E-state index in [0.29, 0.717) is 18.9 Å². The number of hydrogen-bond donors (Lipinski definition) is 3. The van der Waals surface area contributed by atoms with Crippen LogP contribution in [0.2, 0.25) is 0 Å². The minimum Gasteiger partial charge on any atom is -0.507 e. The summed E-state index contributed by atoms with van der Waals surface area (Å²) in [5.74, 6) is 0.871. The van der Waals surface area contributed by atoms with E-state index in [2.05, 4.69) is 5.32 Å². The molecule has 2 aromatic rings. The van der Waals surface area contributed by atoms with Crippen LogP contribution < -0.4 is 10.1 Å². The van der Waals surface area contributed by atoms with Gasteiger partial charge in [0.25, 0.3) is 0 Å². The zero-order valence-corrected chi connectivity index (χ0v) is 12.8. The third-order valence-electron chi connectivity index (χ3n) is 3.45. The molecule has 0 aliphatic carbocycles. The van der Waals surface area contributed by atoms with Crippen LogP contribution in [0.4, 0.5) is 0 Å². The first-order valence-electron chi connectivity index (χ1n) is 7.58. The second-order valence-electron chi connectivity index (χ2n) is 5.17. The average molecular weight is 301 g/mol. The molecule has 2 aromatic carbocycles. The molecule has 22 heavy (non-hydrogen) atoms. The summed E-state index contributed by atoms with van der Waals surface area (Å²) in [5, 5.41) is 22.8. The Morgan fingerprint density at radius 2 is 1.91 bits per heavy atom. The summed E-state index contributed by atoms with van der Waals surface area (Å²) in [6, 6.07) is 14.9. The van der Waals surface area contributed by atoms with Crippen molar-refractivity contribution in [2.45, 2.75) is 25.9 Å². The molecule has 0 unspecified atom stereocenters. The van der Waals surface area contributed by atoms with Crippen molar-refractivity contribution in [1.29, 1.82) is 0 Å². The van der Waals surface area contributed by atoms with Gasteiger partial charge in [-0.1, -0.05) is 43.3 Å². The van der Waals surface area contributed by atoms with Gasteiger partial charge in [-0.25, -0.2) is 0 Å². The van der Waals surface area contributed by atoms with E-state index in [9.17, 15) is 10.2 Å². The van der Waals surface area contributed by atoms with Crippen LogP contribution in [-0.2, 0) is 6.54 Å². The van der Waals surface area contributed by atoms with Gasteiger partial charge in [-0.3, -0.25) is 0 Å². The predicted molar refractivity (Wildman–Crippen MR) is 87.0 cm³/mol. The lowest BCUT2D eigenvalue weighted by Gasteiger charge is -2.17. The maximum atomic E-state index is 10.1. The summed E-state index contributed by atoms with van der Waals surface area (Å²) < 4.78 is 5.49. The molecule has 4 heteroatoms. The third-order valence-corrected chi connectivity index (χ3v) is 3.45. The number of aromatic hydroxyl groups is 1. The maximum absolute atomic E-state index is 10.1. The van der Waals surface area contributed by atoms with Crippen LogP contribution in [0.15, 0.2) is 48.5 Å². The Morgan fingerprint density at radius 1 is 1.14 bits per heavy atom. The van der Waals surface area contributed by atoms with Crippen molar-refractivity contribution < 1.29 is 14.9 Å². The van der Waals surface area contributed by atoms with Crippen LogP contribution >= 0.6 is 0 Å². The molecule has 3 N–H and O–H groups in total. The highest BCUT2D eigenvalue weighted by Gasteiger charge is 2.11.